The van der Waals surface area contributed by atoms with Crippen molar-refractivity contribution < 1.29 is 9.59 Å². The molecule has 0 bridgehead atoms. The summed E-state index contributed by atoms with van der Waals surface area (Å²) in [6.45, 7) is 6.87. The molecule has 0 unspecified atom stereocenters. The molecule has 8 heteroatoms. The van der Waals surface area contributed by atoms with Crippen molar-refractivity contribution in [2.24, 2.45) is 11.8 Å². The first-order chi connectivity index (χ1) is 14.3. The SMILES string of the molecule is CC(=O)N1C[C@H]2CN(C(=O)Cn3cc(C)c(=O)[nH]c3=O)C[C@H]2[C@@H]1c1ccccc1C. The Hall–Kier alpha value is -3.16. The second-order valence-corrected chi connectivity index (χ2v) is 8.39. The molecule has 0 radical (unpaired) electrons. The maximum Gasteiger partial charge on any atom is 0.328 e. The molecule has 158 valence electrons. The Morgan fingerprint density at radius 3 is 2.50 bits per heavy atom. The number of likely N-dealkylation sites (tertiary alicyclic amines) is 2. The lowest BCUT2D eigenvalue weighted by Crippen LogP contribution is -2.40. The molecule has 1 N–H and O–H groups in total. The molecule has 1 aromatic heterocycles. The number of H-pyrrole nitrogens is 1. The van der Waals surface area contributed by atoms with E-state index in [-0.39, 0.29) is 36.2 Å². The number of nitrogens with zero attached hydrogens (tertiary/aromatic N) is 3. The van der Waals surface area contributed by atoms with Crippen LogP contribution in [0.3, 0.4) is 0 Å². The van der Waals surface area contributed by atoms with Crippen LogP contribution in [0.1, 0.15) is 29.7 Å². The summed E-state index contributed by atoms with van der Waals surface area (Å²) in [5.74, 6) is 0.256. The van der Waals surface area contributed by atoms with Crippen molar-refractivity contribution in [2.75, 3.05) is 19.6 Å². The Morgan fingerprint density at radius 2 is 1.80 bits per heavy atom. The lowest BCUT2D eigenvalue weighted by molar-refractivity contribution is -0.132. The number of nitrogens with one attached hydrogen (secondary N) is 1. The van der Waals surface area contributed by atoms with E-state index in [2.05, 4.69) is 11.1 Å². The van der Waals surface area contributed by atoms with E-state index in [1.54, 1.807) is 18.7 Å². The first-order valence-electron chi connectivity index (χ1n) is 10.2. The number of hydrogen-bond acceptors (Lipinski definition) is 4. The third-order valence-electron chi connectivity index (χ3n) is 6.42. The van der Waals surface area contributed by atoms with E-state index in [1.807, 2.05) is 30.0 Å². The normalized spacial score (nSPS) is 23.0. The van der Waals surface area contributed by atoms with Crippen molar-refractivity contribution in [2.45, 2.75) is 33.4 Å². The fraction of sp³-hybridized carbons (Fsp3) is 0.455. The van der Waals surface area contributed by atoms with Crippen LogP contribution in [0, 0.1) is 25.7 Å². The number of rotatable bonds is 3. The standard InChI is InChI=1S/C22H26N4O4/c1-13-6-4-5-7-17(13)20-18-11-24(9-16(18)10-26(20)15(3)27)19(28)12-25-8-14(2)21(29)23-22(25)30/h4-8,16,18,20H,9-12H2,1-3H3,(H,23,29,30)/t16-,18-,20+/m1/s1. The molecule has 0 aliphatic carbocycles. The summed E-state index contributed by atoms with van der Waals surface area (Å²) in [6.07, 6.45) is 1.42. The van der Waals surface area contributed by atoms with Crippen LogP contribution >= 0.6 is 0 Å². The number of hydrogen-bond donors (Lipinski definition) is 1. The molecular formula is C22H26N4O4. The highest BCUT2D eigenvalue weighted by atomic mass is 16.2. The zero-order valence-electron chi connectivity index (χ0n) is 17.4. The highest BCUT2D eigenvalue weighted by Crippen LogP contribution is 2.45. The lowest BCUT2D eigenvalue weighted by Gasteiger charge is -2.30. The third kappa shape index (κ3) is 3.46. The minimum Gasteiger partial charge on any atom is -0.340 e. The molecule has 2 aliphatic rings. The summed E-state index contributed by atoms with van der Waals surface area (Å²) in [7, 11) is 0. The predicted molar refractivity (Wildman–Crippen MR) is 111 cm³/mol. The van der Waals surface area contributed by atoms with Gasteiger partial charge in [-0.2, -0.15) is 0 Å². The van der Waals surface area contributed by atoms with Gasteiger partial charge in [0, 0.05) is 50.2 Å². The van der Waals surface area contributed by atoms with Gasteiger partial charge in [-0.25, -0.2) is 4.79 Å². The molecule has 2 aliphatic heterocycles. The van der Waals surface area contributed by atoms with Gasteiger partial charge in [0.2, 0.25) is 11.8 Å². The Bertz CT molecular complexity index is 1120. The average molecular weight is 410 g/mol. The molecule has 0 spiro atoms. The summed E-state index contributed by atoms with van der Waals surface area (Å²) in [5, 5.41) is 0. The average Bonchev–Trinajstić information content (AvgIpc) is 3.25. The summed E-state index contributed by atoms with van der Waals surface area (Å²) in [6, 6.07) is 8.02. The Morgan fingerprint density at radius 1 is 1.07 bits per heavy atom. The molecule has 8 nitrogen and oxygen atoms in total. The molecule has 2 amide bonds. The molecule has 3 atom stereocenters. The quantitative estimate of drug-likeness (QED) is 0.811. The van der Waals surface area contributed by atoms with Gasteiger partial charge in [-0.15, -0.1) is 0 Å². The van der Waals surface area contributed by atoms with Gasteiger partial charge in [-0.05, 0) is 25.0 Å². The smallest absolute Gasteiger partial charge is 0.328 e. The number of amides is 2. The molecule has 30 heavy (non-hydrogen) atoms. The van der Waals surface area contributed by atoms with Crippen LogP contribution in [0.15, 0.2) is 40.1 Å². The van der Waals surface area contributed by atoms with Gasteiger partial charge in [0.1, 0.15) is 6.54 Å². The van der Waals surface area contributed by atoms with Crippen LogP contribution in [0.25, 0.3) is 0 Å². The zero-order valence-corrected chi connectivity index (χ0v) is 17.4. The predicted octanol–water partition coefficient (Wildman–Crippen LogP) is 0.831. The lowest BCUT2D eigenvalue weighted by atomic mass is 9.87. The van der Waals surface area contributed by atoms with Crippen LogP contribution in [0.5, 0.6) is 0 Å². The van der Waals surface area contributed by atoms with Gasteiger partial charge < -0.3 is 9.80 Å². The largest absolute Gasteiger partial charge is 0.340 e. The molecule has 1 aromatic carbocycles. The van der Waals surface area contributed by atoms with Crippen molar-refractivity contribution in [3.8, 4) is 0 Å². The van der Waals surface area contributed by atoms with Crippen LogP contribution in [0.2, 0.25) is 0 Å². The monoisotopic (exact) mass is 410 g/mol. The maximum absolute atomic E-state index is 12.9. The van der Waals surface area contributed by atoms with Crippen LogP contribution in [-0.2, 0) is 16.1 Å². The number of aryl methyl sites for hydroxylation is 2. The minimum atomic E-state index is -0.584. The summed E-state index contributed by atoms with van der Waals surface area (Å²) < 4.78 is 1.24. The highest BCUT2D eigenvalue weighted by molar-refractivity contribution is 5.77. The molecule has 2 saturated heterocycles. The van der Waals surface area contributed by atoms with Crippen LogP contribution < -0.4 is 11.2 Å². The van der Waals surface area contributed by atoms with Crippen molar-refractivity contribution in [3.05, 3.63) is 68.0 Å². The Labute approximate surface area is 174 Å². The van der Waals surface area contributed by atoms with Crippen molar-refractivity contribution >= 4 is 11.8 Å². The summed E-state index contributed by atoms with van der Waals surface area (Å²) in [5.41, 5.74) is 1.62. The number of aromatic nitrogens is 2. The van der Waals surface area contributed by atoms with Crippen molar-refractivity contribution in [1.82, 2.24) is 19.4 Å². The Kier molecular flexibility index (Phi) is 5.09. The van der Waals surface area contributed by atoms with Gasteiger partial charge in [-0.3, -0.25) is 23.9 Å². The molecule has 3 heterocycles. The number of carbonyl (C=O) groups excluding carboxylic acids is 2. The topological polar surface area (TPSA) is 95.5 Å². The molecule has 2 aromatic rings. The molecule has 4 rings (SSSR count). The highest BCUT2D eigenvalue weighted by Gasteiger charge is 2.49. The van der Waals surface area contributed by atoms with E-state index < -0.39 is 11.2 Å². The fourth-order valence-electron chi connectivity index (χ4n) is 4.87. The minimum absolute atomic E-state index is 0.0470. The van der Waals surface area contributed by atoms with Gasteiger partial charge >= 0.3 is 5.69 Å². The van der Waals surface area contributed by atoms with Gasteiger partial charge in [0.15, 0.2) is 0 Å². The fourth-order valence-corrected chi connectivity index (χ4v) is 4.87. The zero-order chi connectivity index (χ0) is 21.6. The Balaban J connectivity index is 1.56. The van der Waals surface area contributed by atoms with E-state index in [0.717, 1.165) is 11.1 Å². The third-order valence-corrected chi connectivity index (χ3v) is 6.42. The second-order valence-electron chi connectivity index (χ2n) is 8.39. The maximum atomic E-state index is 12.9. The van der Waals surface area contributed by atoms with Crippen LogP contribution in [-0.4, -0.2) is 50.8 Å². The van der Waals surface area contributed by atoms with E-state index in [1.165, 1.54) is 10.8 Å². The first kappa shape index (κ1) is 20.1. The summed E-state index contributed by atoms with van der Waals surface area (Å²) >= 11 is 0. The van der Waals surface area contributed by atoms with Gasteiger partial charge in [0.25, 0.3) is 5.56 Å². The van der Waals surface area contributed by atoms with Gasteiger partial charge in [-0.1, -0.05) is 24.3 Å². The molecular weight excluding hydrogens is 384 g/mol. The van der Waals surface area contributed by atoms with Crippen molar-refractivity contribution in [3.63, 3.8) is 0 Å². The van der Waals surface area contributed by atoms with Gasteiger partial charge in [0.05, 0.1) is 6.04 Å². The first-order valence-corrected chi connectivity index (χ1v) is 10.2. The number of fused-ring (bicyclic) bond motifs is 1. The number of carbonyl (C=O) groups is 2. The van der Waals surface area contributed by atoms with E-state index in [0.29, 0.717) is 25.2 Å². The molecule has 2 fully saturated rings. The van der Waals surface area contributed by atoms with E-state index in [9.17, 15) is 19.2 Å². The van der Waals surface area contributed by atoms with E-state index >= 15 is 0 Å². The number of aromatic amines is 1. The number of benzene rings is 1. The summed E-state index contributed by atoms with van der Waals surface area (Å²) in [4.78, 5) is 54.7. The van der Waals surface area contributed by atoms with Crippen molar-refractivity contribution in [1.29, 1.82) is 0 Å². The van der Waals surface area contributed by atoms with Crippen LogP contribution in [0.4, 0.5) is 0 Å². The molecule has 0 saturated carbocycles. The van der Waals surface area contributed by atoms with E-state index in [4.69, 9.17) is 0 Å². The second kappa shape index (κ2) is 7.59.